The number of aliphatic carboxylic acids is 1. The van der Waals surface area contributed by atoms with Crippen molar-refractivity contribution in [3.8, 4) is 0 Å². The van der Waals surface area contributed by atoms with Crippen LogP contribution in [0.4, 0.5) is 0 Å². The van der Waals surface area contributed by atoms with Gasteiger partial charge in [0.15, 0.2) is 6.10 Å². The fourth-order valence-corrected chi connectivity index (χ4v) is 2.00. The lowest BCUT2D eigenvalue weighted by atomic mass is 10.2. The van der Waals surface area contributed by atoms with E-state index in [1.165, 1.54) is 0 Å². The summed E-state index contributed by atoms with van der Waals surface area (Å²) in [6.07, 6.45) is -0.523. The maximum atomic E-state index is 11.2. The van der Waals surface area contributed by atoms with Crippen molar-refractivity contribution in [1.29, 1.82) is 0 Å². The van der Waals surface area contributed by atoms with E-state index in [9.17, 15) is 9.90 Å². The van der Waals surface area contributed by atoms with Crippen molar-refractivity contribution >= 4 is 5.97 Å². The zero-order chi connectivity index (χ0) is 15.6. The molecule has 0 radical (unpaired) electrons. The molecular weight excluding hydrogens is 280 g/mol. The number of ether oxygens (including phenoxy) is 2. The number of carboxylic acids is 1. The average Bonchev–Trinajstić information content (AvgIpc) is 2.55. The Hall–Kier alpha value is -2.17. The second-order valence-electron chi connectivity index (χ2n) is 4.95. The first-order valence-electron chi connectivity index (χ1n) is 7.25. The monoisotopic (exact) mass is 300 g/mol. The molecule has 0 fully saturated rings. The van der Waals surface area contributed by atoms with E-state index in [4.69, 9.17) is 9.47 Å². The quantitative estimate of drug-likeness (QED) is 0.722. The number of benzene rings is 2. The van der Waals surface area contributed by atoms with Gasteiger partial charge in [0.05, 0.1) is 19.8 Å². The maximum absolute atomic E-state index is 11.2. The number of hydrogen-bond acceptors (Lipinski definition) is 3. The molecule has 2 rings (SSSR count). The standard InChI is InChI=1S/C18H20O4/c19-18(20)17(22-14-16-9-5-2-6-10-16)11-12-21-13-15-7-3-1-4-8-15/h1-10,17H,11-14H2,(H,19,20). The Morgan fingerprint density at radius 1 is 0.909 bits per heavy atom. The average molecular weight is 300 g/mol. The largest absolute Gasteiger partial charge is 0.479 e. The van der Waals surface area contributed by atoms with Crippen LogP contribution in [0.2, 0.25) is 0 Å². The summed E-state index contributed by atoms with van der Waals surface area (Å²) in [6.45, 7) is 1.11. The maximum Gasteiger partial charge on any atom is 0.332 e. The van der Waals surface area contributed by atoms with Crippen molar-refractivity contribution in [3.63, 3.8) is 0 Å². The van der Waals surface area contributed by atoms with E-state index in [1.54, 1.807) is 0 Å². The van der Waals surface area contributed by atoms with Crippen LogP contribution in [-0.2, 0) is 27.5 Å². The Kier molecular flexibility index (Phi) is 6.61. The van der Waals surface area contributed by atoms with Crippen LogP contribution in [0.15, 0.2) is 60.7 Å². The molecule has 0 saturated heterocycles. The van der Waals surface area contributed by atoms with Crippen molar-refractivity contribution in [1.82, 2.24) is 0 Å². The molecule has 0 aliphatic heterocycles. The van der Waals surface area contributed by atoms with E-state index in [0.717, 1.165) is 11.1 Å². The molecule has 0 spiro atoms. The molecule has 2 aromatic carbocycles. The van der Waals surface area contributed by atoms with Gasteiger partial charge >= 0.3 is 5.97 Å². The molecule has 2 aromatic rings. The van der Waals surface area contributed by atoms with Gasteiger partial charge in [-0.2, -0.15) is 0 Å². The minimum absolute atomic E-state index is 0.288. The number of carbonyl (C=O) groups is 1. The second-order valence-corrected chi connectivity index (χ2v) is 4.95. The molecule has 4 heteroatoms. The predicted molar refractivity (Wildman–Crippen MR) is 83.4 cm³/mol. The van der Waals surface area contributed by atoms with E-state index in [-0.39, 0.29) is 6.61 Å². The third kappa shape index (κ3) is 5.68. The fourth-order valence-electron chi connectivity index (χ4n) is 2.00. The summed E-state index contributed by atoms with van der Waals surface area (Å²) in [5, 5.41) is 9.19. The molecule has 0 aliphatic carbocycles. The van der Waals surface area contributed by atoms with Crippen molar-refractivity contribution in [3.05, 3.63) is 71.8 Å². The van der Waals surface area contributed by atoms with Gasteiger partial charge in [-0.15, -0.1) is 0 Å². The Morgan fingerprint density at radius 2 is 1.45 bits per heavy atom. The summed E-state index contributed by atoms with van der Waals surface area (Å²) >= 11 is 0. The van der Waals surface area contributed by atoms with Crippen LogP contribution in [0, 0.1) is 0 Å². The molecular formula is C18H20O4. The SMILES string of the molecule is O=C(O)C(CCOCc1ccccc1)OCc1ccccc1. The van der Waals surface area contributed by atoms with Gasteiger partial charge in [-0.05, 0) is 11.1 Å². The summed E-state index contributed by atoms with van der Waals surface area (Å²) in [4.78, 5) is 11.2. The first-order valence-corrected chi connectivity index (χ1v) is 7.25. The highest BCUT2D eigenvalue weighted by Crippen LogP contribution is 2.08. The highest BCUT2D eigenvalue weighted by molar-refractivity contribution is 5.72. The zero-order valence-corrected chi connectivity index (χ0v) is 12.4. The van der Waals surface area contributed by atoms with Gasteiger partial charge in [-0.3, -0.25) is 0 Å². The first-order chi connectivity index (χ1) is 10.8. The summed E-state index contributed by atoms with van der Waals surface area (Å²) in [6, 6.07) is 19.3. The highest BCUT2D eigenvalue weighted by Gasteiger charge is 2.17. The molecule has 0 aliphatic rings. The molecule has 0 heterocycles. The highest BCUT2D eigenvalue weighted by atomic mass is 16.5. The lowest BCUT2D eigenvalue weighted by Crippen LogP contribution is -2.25. The summed E-state index contributed by atoms with van der Waals surface area (Å²) in [7, 11) is 0. The van der Waals surface area contributed by atoms with E-state index < -0.39 is 12.1 Å². The van der Waals surface area contributed by atoms with Crippen molar-refractivity contribution in [2.24, 2.45) is 0 Å². The molecule has 1 atom stereocenters. The number of hydrogen-bond donors (Lipinski definition) is 1. The lowest BCUT2D eigenvalue weighted by molar-refractivity contribution is -0.152. The van der Waals surface area contributed by atoms with Crippen molar-refractivity contribution < 1.29 is 19.4 Å². The third-order valence-corrected chi connectivity index (χ3v) is 3.21. The van der Waals surface area contributed by atoms with Crippen LogP contribution in [0.1, 0.15) is 17.5 Å². The van der Waals surface area contributed by atoms with Gasteiger partial charge in [0.2, 0.25) is 0 Å². The second kappa shape index (κ2) is 8.97. The zero-order valence-electron chi connectivity index (χ0n) is 12.4. The van der Waals surface area contributed by atoms with Crippen molar-refractivity contribution in [2.75, 3.05) is 6.61 Å². The molecule has 22 heavy (non-hydrogen) atoms. The van der Waals surface area contributed by atoms with Crippen molar-refractivity contribution in [2.45, 2.75) is 25.7 Å². The molecule has 0 amide bonds. The van der Waals surface area contributed by atoms with E-state index in [0.29, 0.717) is 19.6 Å². The lowest BCUT2D eigenvalue weighted by Gasteiger charge is -2.14. The fraction of sp³-hybridized carbons (Fsp3) is 0.278. The minimum Gasteiger partial charge on any atom is -0.479 e. The van der Waals surface area contributed by atoms with Gasteiger partial charge in [-0.1, -0.05) is 60.7 Å². The number of rotatable bonds is 9. The molecule has 0 bridgehead atoms. The van der Waals surface area contributed by atoms with Crippen LogP contribution in [-0.4, -0.2) is 23.8 Å². The van der Waals surface area contributed by atoms with Crippen LogP contribution in [0.25, 0.3) is 0 Å². The minimum atomic E-state index is -0.959. The topological polar surface area (TPSA) is 55.8 Å². The molecule has 0 saturated carbocycles. The first kappa shape index (κ1) is 16.2. The van der Waals surface area contributed by atoms with Crippen LogP contribution >= 0.6 is 0 Å². The molecule has 0 aromatic heterocycles. The Morgan fingerprint density at radius 3 is 2.00 bits per heavy atom. The summed E-state index contributed by atoms with van der Waals surface area (Å²) < 4.78 is 11.0. The smallest absolute Gasteiger partial charge is 0.332 e. The Bertz CT molecular complexity index is 554. The predicted octanol–water partition coefficient (Wildman–Crippen LogP) is 3.26. The van der Waals surface area contributed by atoms with E-state index >= 15 is 0 Å². The van der Waals surface area contributed by atoms with E-state index in [1.807, 2.05) is 60.7 Å². The van der Waals surface area contributed by atoms with Crippen LogP contribution < -0.4 is 0 Å². The molecule has 1 N–H and O–H groups in total. The molecule has 116 valence electrons. The van der Waals surface area contributed by atoms with Gasteiger partial charge in [0.1, 0.15) is 0 Å². The number of carboxylic acid groups (broad SMARTS) is 1. The van der Waals surface area contributed by atoms with Gasteiger partial charge in [0, 0.05) is 6.42 Å². The molecule has 4 nitrogen and oxygen atoms in total. The normalized spacial score (nSPS) is 12.0. The van der Waals surface area contributed by atoms with Gasteiger partial charge < -0.3 is 14.6 Å². The Balaban J connectivity index is 1.71. The van der Waals surface area contributed by atoms with Gasteiger partial charge in [0.25, 0.3) is 0 Å². The van der Waals surface area contributed by atoms with Crippen LogP contribution in [0.3, 0.4) is 0 Å². The van der Waals surface area contributed by atoms with E-state index in [2.05, 4.69) is 0 Å². The third-order valence-electron chi connectivity index (χ3n) is 3.21. The van der Waals surface area contributed by atoms with Crippen LogP contribution in [0.5, 0.6) is 0 Å². The summed E-state index contributed by atoms with van der Waals surface area (Å²) in [5.41, 5.74) is 2.03. The molecule has 1 unspecified atom stereocenters. The Labute approximate surface area is 130 Å². The van der Waals surface area contributed by atoms with Gasteiger partial charge in [-0.25, -0.2) is 4.79 Å². The summed E-state index contributed by atoms with van der Waals surface area (Å²) in [5.74, 6) is -0.959.